The number of nitrogens with zero attached hydrogens (tertiary/aromatic N) is 1. The molecule has 0 unspecified atom stereocenters. The lowest BCUT2D eigenvalue weighted by Crippen LogP contribution is -2.27. The molecule has 0 radical (unpaired) electrons. The van der Waals surface area contributed by atoms with E-state index in [1.54, 1.807) is 0 Å². The van der Waals surface area contributed by atoms with Gasteiger partial charge in [0.15, 0.2) is 0 Å². The van der Waals surface area contributed by atoms with Crippen molar-refractivity contribution in [2.75, 3.05) is 33.2 Å². The third-order valence-electron chi connectivity index (χ3n) is 2.09. The van der Waals surface area contributed by atoms with E-state index in [2.05, 4.69) is 29.3 Å². The lowest BCUT2D eigenvalue weighted by Gasteiger charge is -2.21. The van der Waals surface area contributed by atoms with Gasteiger partial charge in [0.1, 0.15) is 0 Å². The molecule has 0 aromatic rings. The van der Waals surface area contributed by atoms with E-state index in [1.165, 1.54) is 18.5 Å². The maximum Gasteiger partial charge on any atom is 0.0576 e. The summed E-state index contributed by atoms with van der Waals surface area (Å²) in [5, 5.41) is 3.20. The molecule has 0 fully saturated rings. The summed E-state index contributed by atoms with van der Waals surface area (Å²) in [6, 6.07) is 0. The van der Waals surface area contributed by atoms with E-state index in [4.69, 9.17) is 6.42 Å². The molecule has 2 heteroatoms. The summed E-state index contributed by atoms with van der Waals surface area (Å²) in [6.45, 7) is 3.88. The van der Waals surface area contributed by atoms with Gasteiger partial charge in [-0.2, -0.15) is 0 Å². The molecule has 1 aliphatic heterocycles. The van der Waals surface area contributed by atoms with Gasteiger partial charge >= 0.3 is 0 Å². The van der Waals surface area contributed by atoms with Crippen molar-refractivity contribution in [1.29, 1.82) is 0 Å². The van der Waals surface area contributed by atoms with Crippen LogP contribution in [-0.2, 0) is 0 Å². The van der Waals surface area contributed by atoms with E-state index in [0.717, 1.165) is 13.1 Å². The predicted octanol–water partition coefficient (Wildman–Crippen LogP) is 0.471. The summed E-state index contributed by atoms with van der Waals surface area (Å²) in [7, 11) is 2.14. The van der Waals surface area contributed by atoms with Crippen LogP contribution in [0, 0.1) is 12.3 Å². The van der Waals surface area contributed by atoms with E-state index < -0.39 is 0 Å². The fourth-order valence-electron chi connectivity index (χ4n) is 1.27. The van der Waals surface area contributed by atoms with Crippen LogP contribution < -0.4 is 5.32 Å². The molecule has 0 amide bonds. The van der Waals surface area contributed by atoms with E-state index >= 15 is 0 Å². The van der Waals surface area contributed by atoms with E-state index in [0.29, 0.717) is 6.54 Å². The highest BCUT2D eigenvalue weighted by Crippen LogP contribution is 2.07. The van der Waals surface area contributed by atoms with Crippen molar-refractivity contribution in [1.82, 2.24) is 10.2 Å². The van der Waals surface area contributed by atoms with Crippen LogP contribution in [0.4, 0.5) is 0 Å². The second kappa shape index (κ2) is 4.97. The van der Waals surface area contributed by atoms with Gasteiger partial charge in [0.25, 0.3) is 0 Å². The zero-order valence-electron chi connectivity index (χ0n) is 7.64. The normalized spacial score (nSPS) is 18.5. The molecule has 66 valence electrons. The molecule has 0 bridgehead atoms. The Balaban J connectivity index is 2.21. The van der Waals surface area contributed by atoms with Crippen LogP contribution in [0.2, 0.25) is 0 Å². The van der Waals surface area contributed by atoms with Crippen LogP contribution in [0.1, 0.15) is 6.42 Å². The number of hydrogen-bond acceptors (Lipinski definition) is 2. The molecule has 1 rings (SSSR count). The third-order valence-corrected chi connectivity index (χ3v) is 2.09. The second-order valence-corrected chi connectivity index (χ2v) is 3.18. The lowest BCUT2D eigenvalue weighted by molar-refractivity contribution is 0.357. The highest BCUT2D eigenvalue weighted by Gasteiger charge is 2.05. The summed E-state index contributed by atoms with van der Waals surface area (Å²) < 4.78 is 0. The first kappa shape index (κ1) is 9.31. The van der Waals surface area contributed by atoms with Crippen molar-refractivity contribution < 1.29 is 0 Å². The van der Waals surface area contributed by atoms with Gasteiger partial charge in [-0.1, -0.05) is 17.6 Å². The van der Waals surface area contributed by atoms with Crippen LogP contribution in [0.25, 0.3) is 0 Å². The van der Waals surface area contributed by atoms with Crippen molar-refractivity contribution in [2.24, 2.45) is 0 Å². The smallest absolute Gasteiger partial charge is 0.0576 e. The number of hydrogen-bond donors (Lipinski definition) is 1. The summed E-state index contributed by atoms with van der Waals surface area (Å²) >= 11 is 0. The number of rotatable bonds is 3. The Morgan fingerprint density at radius 3 is 3.17 bits per heavy atom. The van der Waals surface area contributed by atoms with Gasteiger partial charge in [-0.25, -0.2) is 0 Å². The maximum atomic E-state index is 5.13. The Bertz CT molecular complexity index is 200. The van der Waals surface area contributed by atoms with Crippen molar-refractivity contribution in [2.45, 2.75) is 6.42 Å². The molecule has 0 aromatic carbocycles. The highest BCUT2D eigenvalue weighted by molar-refractivity contribution is 5.09. The van der Waals surface area contributed by atoms with Gasteiger partial charge < -0.3 is 10.2 Å². The van der Waals surface area contributed by atoms with Crippen LogP contribution in [0.15, 0.2) is 11.6 Å². The Morgan fingerprint density at radius 2 is 2.58 bits per heavy atom. The molecule has 0 saturated carbocycles. The van der Waals surface area contributed by atoms with Crippen molar-refractivity contribution >= 4 is 0 Å². The average Bonchev–Trinajstić information content (AvgIpc) is 2.09. The molecule has 0 spiro atoms. The molecular weight excluding hydrogens is 148 g/mol. The standard InChI is InChI=1S/C10H16N2/c1-3-6-11-9-10-4-7-12(2)8-5-10/h1,4,11H,5-9H2,2H3. The van der Waals surface area contributed by atoms with E-state index in [1.807, 2.05) is 0 Å². The summed E-state index contributed by atoms with van der Waals surface area (Å²) in [4.78, 5) is 2.31. The third kappa shape index (κ3) is 3.08. The van der Waals surface area contributed by atoms with E-state index in [-0.39, 0.29) is 0 Å². The first-order valence-electron chi connectivity index (χ1n) is 4.33. The molecule has 0 atom stereocenters. The minimum Gasteiger partial charge on any atom is -0.302 e. The quantitative estimate of drug-likeness (QED) is 0.370. The molecule has 1 N–H and O–H groups in total. The average molecular weight is 164 g/mol. The molecule has 1 heterocycles. The SMILES string of the molecule is C#CCNCC1=CCN(C)CC1. The summed E-state index contributed by atoms with van der Waals surface area (Å²) in [5.41, 5.74) is 1.49. The molecule has 0 aliphatic carbocycles. The number of likely N-dealkylation sites (N-methyl/N-ethyl adjacent to an activating group) is 1. The lowest BCUT2D eigenvalue weighted by atomic mass is 10.1. The van der Waals surface area contributed by atoms with Gasteiger partial charge in [-0.3, -0.25) is 0 Å². The topological polar surface area (TPSA) is 15.3 Å². The molecule has 0 saturated heterocycles. The van der Waals surface area contributed by atoms with Gasteiger partial charge in [-0.15, -0.1) is 6.42 Å². The van der Waals surface area contributed by atoms with Crippen LogP contribution in [0.5, 0.6) is 0 Å². The molecule has 2 nitrogen and oxygen atoms in total. The molecular formula is C10H16N2. The van der Waals surface area contributed by atoms with Crippen LogP contribution in [-0.4, -0.2) is 38.1 Å². The van der Waals surface area contributed by atoms with Crippen molar-refractivity contribution in [3.8, 4) is 12.3 Å². The van der Waals surface area contributed by atoms with Gasteiger partial charge in [0, 0.05) is 19.6 Å². The maximum absolute atomic E-state index is 5.13. The predicted molar refractivity (Wildman–Crippen MR) is 51.9 cm³/mol. The fourth-order valence-corrected chi connectivity index (χ4v) is 1.27. The number of terminal acetylenes is 1. The molecule has 0 aromatic heterocycles. The Hall–Kier alpha value is -0.780. The minimum absolute atomic E-state index is 0.674. The monoisotopic (exact) mass is 164 g/mol. The summed E-state index contributed by atoms with van der Waals surface area (Å²) in [6.07, 6.45) is 8.59. The minimum atomic E-state index is 0.674. The zero-order valence-corrected chi connectivity index (χ0v) is 7.64. The Labute approximate surface area is 74.6 Å². The van der Waals surface area contributed by atoms with Crippen molar-refractivity contribution in [3.05, 3.63) is 11.6 Å². The van der Waals surface area contributed by atoms with Gasteiger partial charge in [0.05, 0.1) is 6.54 Å². The van der Waals surface area contributed by atoms with E-state index in [9.17, 15) is 0 Å². The second-order valence-electron chi connectivity index (χ2n) is 3.18. The van der Waals surface area contributed by atoms with Crippen LogP contribution >= 0.6 is 0 Å². The molecule has 12 heavy (non-hydrogen) atoms. The van der Waals surface area contributed by atoms with Crippen molar-refractivity contribution in [3.63, 3.8) is 0 Å². The van der Waals surface area contributed by atoms with Gasteiger partial charge in [0.2, 0.25) is 0 Å². The Morgan fingerprint density at radius 1 is 1.75 bits per heavy atom. The first-order valence-corrected chi connectivity index (χ1v) is 4.33. The first-order chi connectivity index (χ1) is 5.83. The Kier molecular flexibility index (Phi) is 3.86. The zero-order chi connectivity index (χ0) is 8.81. The fraction of sp³-hybridized carbons (Fsp3) is 0.600. The molecule has 1 aliphatic rings. The highest BCUT2D eigenvalue weighted by atomic mass is 15.1. The van der Waals surface area contributed by atoms with Crippen LogP contribution in [0.3, 0.4) is 0 Å². The number of nitrogens with one attached hydrogen (secondary N) is 1. The summed E-state index contributed by atoms with van der Waals surface area (Å²) in [5.74, 6) is 2.57. The largest absolute Gasteiger partial charge is 0.302 e. The van der Waals surface area contributed by atoms with Gasteiger partial charge in [-0.05, 0) is 13.5 Å².